The average molecular weight is 263 g/mol. The lowest BCUT2D eigenvalue weighted by molar-refractivity contribution is 0.273. The molecule has 106 valence electrons. The van der Waals surface area contributed by atoms with Crippen LogP contribution in [0, 0.1) is 18.2 Å². The van der Waals surface area contributed by atoms with Crippen LogP contribution in [0.25, 0.3) is 0 Å². The second-order valence-corrected chi connectivity index (χ2v) is 6.46. The lowest BCUT2D eigenvalue weighted by Gasteiger charge is -2.30. The summed E-state index contributed by atoms with van der Waals surface area (Å²) in [7, 11) is 0. The topological polar surface area (TPSA) is 12.0 Å². The molecule has 1 atom stereocenters. The van der Waals surface area contributed by atoms with Crippen molar-refractivity contribution in [3.05, 3.63) is 35.1 Å². The van der Waals surface area contributed by atoms with Gasteiger partial charge in [-0.2, -0.15) is 0 Å². The van der Waals surface area contributed by atoms with Crippen LogP contribution in [0.4, 0.5) is 4.39 Å². The van der Waals surface area contributed by atoms with E-state index in [0.29, 0.717) is 0 Å². The fourth-order valence-electron chi connectivity index (χ4n) is 2.81. The normalized spacial score (nSPS) is 18.3. The fraction of sp³-hybridized carbons (Fsp3) is 0.647. The third kappa shape index (κ3) is 4.31. The van der Waals surface area contributed by atoms with E-state index in [4.69, 9.17) is 0 Å². The van der Waals surface area contributed by atoms with E-state index in [0.717, 1.165) is 24.6 Å². The highest BCUT2D eigenvalue weighted by atomic mass is 19.1. The second-order valence-electron chi connectivity index (χ2n) is 6.46. The van der Waals surface area contributed by atoms with Crippen LogP contribution in [0.1, 0.15) is 50.7 Å². The highest BCUT2D eigenvalue weighted by molar-refractivity contribution is 5.27. The van der Waals surface area contributed by atoms with Crippen LogP contribution in [0.2, 0.25) is 0 Å². The van der Waals surface area contributed by atoms with Crippen molar-refractivity contribution < 1.29 is 4.39 Å². The molecule has 0 aromatic heterocycles. The maximum Gasteiger partial charge on any atom is 0.123 e. The Kier molecular flexibility index (Phi) is 4.62. The predicted octanol–water partition coefficient (Wildman–Crippen LogP) is 4.24. The zero-order chi connectivity index (χ0) is 13.9. The van der Waals surface area contributed by atoms with Crippen molar-refractivity contribution in [2.45, 2.75) is 58.9 Å². The average Bonchev–Trinajstić information content (AvgIpc) is 3.16. The summed E-state index contributed by atoms with van der Waals surface area (Å²) in [6.45, 7) is 7.68. The van der Waals surface area contributed by atoms with Gasteiger partial charge in [0.2, 0.25) is 0 Å². The number of hydrogen-bond donors (Lipinski definition) is 1. The molecule has 2 rings (SSSR count). The molecule has 1 saturated carbocycles. The summed E-state index contributed by atoms with van der Waals surface area (Å²) in [4.78, 5) is 0. The van der Waals surface area contributed by atoms with Gasteiger partial charge in [-0.3, -0.25) is 0 Å². The van der Waals surface area contributed by atoms with Crippen molar-refractivity contribution in [3.8, 4) is 0 Å². The highest BCUT2D eigenvalue weighted by Crippen LogP contribution is 2.31. The second kappa shape index (κ2) is 6.04. The van der Waals surface area contributed by atoms with E-state index in [9.17, 15) is 4.39 Å². The summed E-state index contributed by atoms with van der Waals surface area (Å²) in [5, 5.41) is 3.64. The first-order chi connectivity index (χ1) is 9.02. The number of halogens is 1. The van der Waals surface area contributed by atoms with Gasteiger partial charge in [0.05, 0.1) is 0 Å². The molecule has 1 fully saturated rings. The first kappa shape index (κ1) is 14.5. The summed E-state index contributed by atoms with van der Waals surface area (Å²) in [5.41, 5.74) is 2.60. The van der Waals surface area contributed by atoms with E-state index in [1.165, 1.54) is 31.2 Å². The van der Waals surface area contributed by atoms with Crippen molar-refractivity contribution in [2.24, 2.45) is 5.41 Å². The van der Waals surface area contributed by atoms with Gasteiger partial charge in [-0.25, -0.2) is 4.39 Å². The SMILES string of the molecule is CCCC(C)(CNC1CC1)Cc1cc(F)ccc1C. The Morgan fingerprint density at radius 1 is 1.37 bits per heavy atom. The minimum absolute atomic E-state index is 0.116. The van der Waals surface area contributed by atoms with Crippen LogP contribution in [0.15, 0.2) is 18.2 Å². The number of nitrogens with one attached hydrogen (secondary N) is 1. The van der Waals surface area contributed by atoms with Crippen molar-refractivity contribution >= 4 is 0 Å². The van der Waals surface area contributed by atoms with Crippen LogP contribution >= 0.6 is 0 Å². The third-order valence-corrected chi connectivity index (χ3v) is 4.18. The molecular formula is C17H26FN. The van der Waals surface area contributed by atoms with Gasteiger partial charge in [-0.05, 0) is 61.3 Å². The Morgan fingerprint density at radius 3 is 2.74 bits per heavy atom. The summed E-state index contributed by atoms with van der Waals surface area (Å²) in [6.07, 6.45) is 5.96. The molecule has 1 nitrogen and oxygen atoms in total. The molecular weight excluding hydrogens is 237 g/mol. The quantitative estimate of drug-likeness (QED) is 0.776. The van der Waals surface area contributed by atoms with Crippen molar-refractivity contribution in [1.82, 2.24) is 5.32 Å². The third-order valence-electron chi connectivity index (χ3n) is 4.18. The lowest BCUT2D eigenvalue weighted by Crippen LogP contribution is -2.35. The number of aryl methyl sites for hydroxylation is 1. The van der Waals surface area contributed by atoms with Crippen LogP contribution in [-0.2, 0) is 6.42 Å². The molecule has 0 heterocycles. The van der Waals surface area contributed by atoms with Gasteiger partial charge >= 0.3 is 0 Å². The van der Waals surface area contributed by atoms with E-state index in [1.807, 2.05) is 6.07 Å². The molecule has 1 unspecified atom stereocenters. The molecule has 1 aromatic carbocycles. The zero-order valence-electron chi connectivity index (χ0n) is 12.4. The van der Waals surface area contributed by atoms with E-state index >= 15 is 0 Å². The van der Waals surface area contributed by atoms with Gasteiger partial charge in [-0.15, -0.1) is 0 Å². The summed E-state index contributed by atoms with van der Waals surface area (Å²) < 4.78 is 13.4. The minimum atomic E-state index is -0.116. The molecule has 0 aliphatic heterocycles. The van der Waals surface area contributed by atoms with Gasteiger partial charge in [-0.1, -0.05) is 26.3 Å². The maximum absolute atomic E-state index is 13.4. The maximum atomic E-state index is 13.4. The Morgan fingerprint density at radius 2 is 2.11 bits per heavy atom. The molecule has 1 N–H and O–H groups in total. The summed E-state index contributed by atoms with van der Waals surface area (Å²) in [6, 6.07) is 5.90. The molecule has 0 amide bonds. The molecule has 0 spiro atoms. The molecule has 19 heavy (non-hydrogen) atoms. The Bertz CT molecular complexity index is 425. The number of hydrogen-bond acceptors (Lipinski definition) is 1. The van der Waals surface area contributed by atoms with Crippen LogP contribution < -0.4 is 5.32 Å². The summed E-state index contributed by atoms with van der Waals surface area (Å²) >= 11 is 0. The molecule has 0 saturated heterocycles. The van der Waals surface area contributed by atoms with E-state index < -0.39 is 0 Å². The molecule has 0 bridgehead atoms. The fourth-order valence-corrected chi connectivity index (χ4v) is 2.81. The van der Waals surface area contributed by atoms with Crippen molar-refractivity contribution in [1.29, 1.82) is 0 Å². The minimum Gasteiger partial charge on any atom is -0.313 e. The molecule has 1 aromatic rings. The first-order valence-electron chi connectivity index (χ1n) is 7.51. The van der Waals surface area contributed by atoms with Gasteiger partial charge in [0.25, 0.3) is 0 Å². The van der Waals surface area contributed by atoms with Gasteiger partial charge in [0.15, 0.2) is 0 Å². The number of rotatable bonds is 7. The van der Waals surface area contributed by atoms with E-state index in [1.54, 1.807) is 12.1 Å². The number of benzene rings is 1. The largest absolute Gasteiger partial charge is 0.313 e. The molecule has 1 aliphatic rings. The molecule has 0 radical (unpaired) electrons. The van der Waals surface area contributed by atoms with Crippen LogP contribution in [0.3, 0.4) is 0 Å². The standard InChI is InChI=1S/C17H26FN/c1-4-9-17(3,12-19-16-7-8-16)11-14-10-15(18)6-5-13(14)2/h5-6,10,16,19H,4,7-9,11-12H2,1-3H3. The van der Waals surface area contributed by atoms with E-state index in [2.05, 4.69) is 26.1 Å². The first-order valence-corrected chi connectivity index (χ1v) is 7.51. The summed E-state index contributed by atoms with van der Waals surface area (Å²) in [5.74, 6) is -0.116. The van der Waals surface area contributed by atoms with Crippen molar-refractivity contribution in [3.63, 3.8) is 0 Å². The Balaban J connectivity index is 2.06. The Hall–Kier alpha value is -0.890. The highest BCUT2D eigenvalue weighted by Gasteiger charge is 2.28. The van der Waals surface area contributed by atoms with Crippen molar-refractivity contribution in [2.75, 3.05) is 6.54 Å². The lowest BCUT2D eigenvalue weighted by atomic mass is 9.78. The van der Waals surface area contributed by atoms with Crippen LogP contribution in [0.5, 0.6) is 0 Å². The van der Waals surface area contributed by atoms with E-state index in [-0.39, 0.29) is 11.2 Å². The predicted molar refractivity (Wildman–Crippen MR) is 78.9 cm³/mol. The van der Waals surface area contributed by atoms with Gasteiger partial charge in [0, 0.05) is 12.6 Å². The van der Waals surface area contributed by atoms with Gasteiger partial charge < -0.3 is 5.32 Å². The zero-order valence-corrected chi connectivity index (χ0v) is 12.4. The van der Waals surface area contributed by atoms with Crippen LogP contribution in [-0.4, -0.2) is 12.6 Å². The Labute approximate surface area is 116 Å². The smallest absolute Gasteiger partial charge is 0.123 e. The van der Waals surface area contributed by atoms with Gasteiger partial charge in [0.1, 0.15) is 5.82 Å². The molecule has 1 aliphatic carbocycles. The monoisotopic (exact) mass is 263 g/mol. The molecule has 2 heteroatoms.